The van der Waals surface area contributed by atoms with Gasteiger partial charge in [-0.15, -0.1) is 0 Å². The molecule has 1 aromatic heterocycles. The Kier molecular flexibility index (Phi) is 5.51. The average Bonchev–Trinajstić information content (AvgIpc) is 3.26. The van der Waals surface area contributed by atoms with Crippen molar-refractivity contribution in [1.82, 2.24) is 19.7 Å². The molecule has 3 heterocycles. The lowest BCUT2D eigenvalue weighted by molar-refractivity contribution is -0.150. The summed E-state index contributed by atoms with van der Waals surface area (Å²) >= 11 is 0. The zero-order valence-electron chi connectivity index (χ0n) is 19.8. The Hall–Kier alpha value is -3.81. The number of aryl methyl sites for hydroxylation is 1. The third kappa shape index (κ3) is 4.11. The number of hydrogen-bond donors (Lipinski definition) is 0. The topological polar surface area (TPSA) is 78.7 Å². The molecule has 3 aromatic rings. The van der Waals surface area contributed by atoms with E-state index in [0.29, 0.717) is 30.5 Å². The van der Waals surface area contributed by atoms with Crippen LogP contribution in [0.3, 0.4) is 0 Å². The van der Waals surface area contributed by atoms with E-state index in [9.17, 15) is 4.79 Å². The van der Waals surface area contributed by atoms with E-state index in [4.69, 9.17) is 14.2 Å². The number of rotatable bonds is 4. The number of carbonyl (C=O) groups excluding carboxylic acids is 1. The van der Waals surface area contributed by atoms with Crippen LogP contribution in [0.5, 0.6) is 11.5 Å². The van der Waals surface area contributed by atoms with Crippen LogP contribution in [-0.4, -0.2) is 51.4 Å². The summed E-state index contributed by atoms with van der Waals surface area (Å²) in [5, 5.41) is 4.36. The molecule has 8 nitrogen and oxygen atoms in total. The molecule has 0 aliphatic carbocycles. The Labute approximate surface area is 198 Å². The molecule has 0 saturated carbocycles. The van der Waals surface area contributed by atoms with Gasteiger partial charge in [-0.05, 0) is 50.6 Å². The van der Waals surface area contributed by atoms with Gasteiger partial charge in [0.25, 0.3) is 5.91 Å². The molecule has 2 aliphatic heterocycles. The number of aromatic nitrogens is 3. The fraction of sp³-hybridized carbons (Fsp3) is 0.346. The molecule has 1 atom stereocenters. The molecule has 1 unspecified atom stereocenters. The first kappa shape index (κ1) is 22.0. The summed E-state index contributed by atoms with van der Waals surface area (Å²) in [4.78, 5) is 19.7. The number of morpholine rings is 1. The van der Waals surface area contributed by atoms with Crippen molar-refractivity contribution in [3.63, 3.8) is 0 Å². The number of methoxy groups -OCH3 is 1. The lowest BCUT2D eigenvalue weighted by Gasteiger charge is -2.44. The largest absolute Gasteiger partial charge is 0.494 e. The van der Waals surface area contributed by atoms with Crippen molar-refractivity contribution in [1.29, 1.82) is 0 Å². The summed E-state index contributed by atoms with van der Waals surface area (Å²) in [6.45, 7) is 6.91. The molecule has 0 bridgehead atoms. The van der Waals surface area contributed by atoms with E-state index in [1.807, 2.05) is 68.1 Å². The second-order valence-corrected chi connectivity index (χ2v) is 9.16. The van der Waals surface area contributed by atoms with E-state index in [0.717, 1.165) is 29.0 Å². The van der Waals surface area contributed by atoms with Crippen LogP contribution in [-0.2, 0) is 9.53 Å². The van der Waals surface area contributed by atoms with E-state index in [-0.39, 0.29) is 11.9 Å². The van der Waals surface area contributed by atoms with Gasteiger partial charge in [0, 0.05) is 12.0 Å². The van der Waals surface area contributed by atoms with Gasteiger partial charge < -0.3 is 19.1 Å². The first-order valence-electron chi connectivity index (χ1n) is 11.3. The van der Waals surface area contributed by atoms with Crippen LogP contribution in [0.15, 0.2) is 54.6 Å². The second kappa shape index (κ2) is 8.52. The highest BCUT2D eigenvalue weighted by Gasteiger charge is 2.41. The van der Waals surface area contributed by atoms with E-state index in [1.165, 1.54) is 0 Å². The molecule has 34 heavy (non-hydrogen) atoms. The van der Waals surface area contributed by atoms with Crippen LogP contribution < -0.4 is 9.47 Å². The maximum atomic E-state index is 13.6. The first-order chi connectivity index (χ1) is 16.3. The van der Waals surface area contributed by atoms with Crippen LogP contribution in [0.1, 0.15) is 43.3 Å². The summed E-state index contributed by atoms with van der Waals surface area (Å²) in [7, 11) is 1.61. The molecule has 1 amide bonds. The Morgan fingerprint density at radius 2 is 2.03 bits per heavy atom. The Morgan fingerprint density at radius 1 is 1.21 bits per heavy atom. The Morgan fingerprint density at radius 3 is 2.79 bits per heavy atom. The van der Waals surface area contributed by atoms with Crippen molar-refractivity contribution in [3.8, 4) is 17.2 Å². The van der Waals surface area contributed by atoms with Crippen LogP contribution in [0.25, 0.3) is 11.8 Å². The summed E-state index contributed by atoms with van der Waals surface area (Å²) < 4.78 is 19.2. The van der Waals surface area contributed by atoms with Gasteiger partial charge in [-0.25, -0.2) is 9.67 Å². The maximum absolute atomic E-state index is 13.6. The molecule has 0 N–H and O–H groups in total. The zero-order valence-corrected chi connectivity index (χ0v) is 19.8. The minimum absolute atomic E-state index is 0.0588. The van der Waals surface area contributed by atoms with Gasteiger partial charge in [-0.1, -0.05) is 24.3 Å². The predicted octanol–water partition coefficient (Wildman–Crippen LogP) is 4.09. The van der Waals surface area contributed by atoms with Gasteiger partial charge in [0.1, 0.15) is 34.9 Å². The molecule has 5 rings (SSSR count). The van der Waals surface area contributed by atoms with Crippen molar-refractivity contribution in [3.05, 3.63) is 71.5 Å². The number of benzene rings is 2. The third-order valence-electron chi connectivity index (χ3n) is 6.07. The molecular weight excluding hydrogens is 432 g/mol. The van der Waals surface area contributed by atoms with Crippen molar-refractivity contribution in [2.24, 2.45) is 0 Å². The van der Waals surface area contributed by atoms with Gasteiger partial charge in [-0.3, -0.25) is 4.79 Å². The molecule has 1 fully saturated rings. The monoisotopic (exact) mass is 460 g/mol. The van der Waals surface area contributed by atoms with Crippen molar-refractivity contribution in [2.45, 2.75) is 38.8 Å². The van der Waals surface area contributed by atoms with Crippen LogP contribution in [0.4, 0.5) is 0 Å². The molecule has 2 aromatic carbocycles. The number of ether oxygens (including phenoxy) is 3. The molecule has 8 heteroatoms. The van der Waals surface area contributed by atoms with Crippen LogP contribution >= 0.6 is 0 Å². The van der Waals surface area contributed by atoms with Crippen LogP contribution in [0.2, 0.25) is 0 Å². The van der Waals surface area contributed by atoms with Gasteiger partial charge in [0.2, 0.25) is 0 Å². The second-order valence-electron chi connectivity index (χ2n) is 9.16. The SMILES string of the molecule is COc1cc(/C=C2\OC(C)(C)CN(C3CCOc4ccccc43)C2=O)ccc1-n1cnc(C)n1. The highest BCUT2D eigenvalue weighted by Crippen LogP contribution is 2.40. The highest BCUT2D eigenvalue weighted by atomic mass is 16.5. The minimum atomic E-state index is -0.532. The molecule has 2 aliphatic rings. The average molecular weight is 461 g/mol. The number of amides is 1. The lowest BCUT2D eigenvalue weighted by Crippen LogP contribution is -2.52. The smallest absolute Gasteiger partial charge is 0.289 e. The number of nitrogens with zero attached hydrogens (tertiary/aromatic N) is 4. The highest BCUT2D eigenvalue weighted by molar-refractivity contribution is 5.97. The van der Waals surface area contributed by atoms with E-state index >= 15 is 0 Å². The molecular formula is C26H28N4O4. The lowest BCUT2D eigenvalue weighted by atomic mass is 9.95. The normalized spacial score (nSPS) is 20.5. The first-order valence-corrected chi connectivity index (χ1v) is 11.3. The van der Waals surface area contributed by atoms with Gasteiger partial charge >= 0.3 is 0 Å². The Balaban J connectivity index is 1.49. The Bertz CT molecular complexity index is 1260. The van der Waals surface area contributed by atoms with Crippen molar-refractivity contribution >= 4 is 12.0 Å². The summed E-state index contributed by atoms with van der Waals surface area (Å²) in [6, 6.07) is 13.5. The number of hydrogen-bond acceptors (Lipinski definition) is 6. The summed E-state index contributed by atoms with van der Waals surface area (Å²) in [5.74, 6) is 2.32. The van der Waals surface area contributed by atoms with E-state index in [2.05, 4.69) is 10.1 Å². The van der Waals surface area contributed by atoms with Crippen molar-refractivity contribution < 1.29 is 19.0 Å². The standard InChI is InChI=1S/C26H28N4O4/c1-17-27-16-30(28-17)21-10-9-18(13-23(21)32-4)14-24-25(31)29(15-26(2,3)34-24)20-11-12-33-22-8-6-5-7-19(20)22/h5-10,13-14,16,20H,11-12,15H2,1-4H3/b24-14-. The molecule has 0 radical (unpaired) electrons. The number of carbonyl (C=O) groups is 1. The maximum Gasteiger partial charge on any atom is 0.289 e. The fourth-order valence-corrected chi connectivity index (χ4v) is 4.57. The van der Waals surface area contributed by atoms with Crippen LogP contribution in [0, 0.1) is 6.92 Å². The minimum Gasteiger partial charge on any atom is -0.494 e. The number of para-hydroxylation sites is 1. The quantitative estimate of drug-likeness (QED) is 0.546. The summed E-state index contributed by atoms with van der Waals surface area (Å²) in [6.07, 6.45) is 4.16. The van der Waals surface area contributed by atoms with E-state index in [1.54, 1.807) is 24.2 Å². The third-order valence-corrected chi connectivity index (χ3v) is 6.07. The predicted molar refractivity (Wildman–Crippen MR) is 127 cm³/mol. The molecule has 0 spiro atoms. The van der Waals surface area contributed by atoms with Gasteiger partial charge in [0.05, 0.1) is 26.3 Å². The van der Waals surface area contributed by atoms with Gasteiger partial charge in [-0.2, -0.15) is 5.10 Å². The van der Waals surface area contributed by atoms with E-state index < -0.39 is 5.60 Å². The van der Waals surface area contributed by atoms with Crippen molar-refractivity contribution in [2.75, 3.05) is 20.3 Å². The zero-order chi connectivity index (χ0) is 23.9. The fourth-order valence-electron chi connectivity index (χ4n) is 4.57. The summed E-state index contributed by atoms with van der Waals surface area (Å²) in [5.41, 5.74) is 2.07. The number of fused-ring (bicyclic) bond motifs is 1. The molecule has 1 saturated heterocycles. The van der Waals surface area contributed by atoms with Gasteiger partial charge in [0.15, 0.2) is 5.76 Å². The molecule has 176 valence electrons.